The first kappa shape index (κ1) is 14.9. The molecule has 0 bridgehead atoms. The molecule has 1 rings (SSSR count). The van der Waals surface area contributed by atoms with Gasteiger partial charge in [0.1, 0.15) is 5.82 Å². The fraction of sp³-hybridized carbons (Fsp3) is 0.462. The SMILES string of the molecule is Cc1ccc(C(N)=O)c(NC(C)(C)CCC(=O)O)n1. The number of carbonyl (C=O) groups excluding carboxylic acids is 1. The Labute approximate surface area is 112 Å². The highest BCUT2D eigenvalue weighted by Crippen LogP contribution is 2.21. The molecule has 0 aliphatic heterocycles. The van der Waals surface area contributed by atoms with Crippen molar-refractivity contribution in [2.75, 3.05) is 5.32 Å². The smallest absolute Gasteiger partial charge is 0.303 e. The first-order valence-electron chi connectivity index (χ1n) is 5.99. The van der Waals surface area contributed by atoms with Crippen molar-refractivity contribution in [1.29, 1.82) is 0 Å². The molecule has 4 N–H and O–H groups in total. The zero-order valence-corrected chi connectivity index (χ0v) is 11.4. The van der Waals surface area contributed by atoms with E-state index in [2.05, 4.69) is 10.3 Å². The fourth-order valence-corrected chi connectivity index (χ4v) is 1.65. The number of aliphatic carboxylic acids is 1. The summed E-state index contributed by atoms with van der Waals surface area (Å²) in [5, 5.41) is 11.8. The van der Waals surface area contributed by atoms with E-state index in [1.54, 1.807) is 19.1 Å². The molecule has 0 aliphatic carbocycles. The number of primary amides is 1. The van der Waals surface area contributed by atoms with Crippen molar-refractivity contribution in [3.05, 3.63) is 23.4 Å². The summed E-state index contributed by atoms with van der Waals surface area (Å²) in [5.74, 6) is -1.03. The Morgan fingerprint density at radius 1 is 1.42 bits per heavy atom. The molecule has 0 radical (unpaired) electrons. The summed E-state index contributed by atoms with van der Waals surface area (Å²) in [6.07, 6.45) is 0.452. The second-order valence-corrected chi connectivity index (χ2v) is 5.12. The molecule has 19 heavy (non-hydrogen) atoms. The quantitative estimate of drug-likeness (QED) is 0.723. The van der Waals surface area contributed by atoms with Gasteiger partial charge in [0.15, 0.2) is 0 Å². The van der Waals surface area contributed by atoms with E-state index >= 15 is 0 Å². The van der Waals surface area contributed by atoms with E-state index in [-0.39, 0.29) is 6.42 Å². The third-order valence-electron chi connectivity index (χ3n) is 2.72. The van der Waals surface area contributed by atoms with Crippen molar-refractivity contribution in [3.63, 3.8) is 0 Å². The number of carboxylic acids is 1. The molecule has 1 aromatic heterocycles. The Balaban J connectivity index is 2.94. The second kappa shape index (κ2) is 5.69. The maximum Gasteiger partial charge on any atom is 0.303 e. The van der Waals surface area contributed by atoms with Gasteiger partial charge in [0.25, 0.3) is 5.91 Å². The number of pyridine rings is 1. The highest BCUT2D eigenvalue weighted by molar-refractivity contribution is 5.97. The van der Waals surface area contributed by atoms with Gasteiger partial charge in [-0.05, 0) is 39.3 Å². The van der Waals surface area contributed by atoms with Gasteiger partial charge in [0.05, 0.1) is 5.56 Å². The molecule has 0 aliphatic rings. The minimum absolute atomic E-state index is 0.0394. The van der Waals surface area contributed by atoms with Crippen LogP contribution in [0.3, 0.4) is 0 Å². The van der Waals surface area contributed by atoms with E-state index in [9.17, 15) is 9.59 Å². The summed E-state index contributed by atoms with van der Waals surface area (Å²) in [5.41, 5.74) is 5.85. The predicted octanol–water partition coefficient (Wildman–Crippen LogP) is 1.54. The number of carbonyl (C=O) groups is 2. The number of aryl methyl sites for hydroxylation is 1. The van der Waals surface area contributed by atoms with Crippen LogP contribution in [-0.2, 0) is 4.79 Å². The Bertz CT molecular complexity index is 498. The second-order valence-electron chi connectivity index (χ2n) is 5.12. The van der Waals surface area contributed by atoms with E-state index in [1.807, 2.05) is 13.8 Å². The number of carboxylic acid groups (broad SMARTS) is 1. The summed E-state index contributed by atoms with van der Waals surface area (Å²) >= 11 is 0. The molecule has 1 heterocycles. The first-order valence-corrected chi connectivity index (χ1v) is 5.99. The molecular formula is C13H19N3O3. The first-order chi connectivity index (χ1) is 8.71. The summed E-state index contributed by atoms with van der Waals surface area (Å²) in [4.78, 5) is 26.2. The summed E-state index contributed by atoms with van der Waals surface area (Å²) in [6.45, 7) is 5.51. The molecule has 1 amide bonds. The highest BCUT2D eigenvalue weighted by atomic mass is 16.4. The summed E-state index contributed by atoms with van der Waals surface area (Å²) in [6, 6.07) is 3.32. The number of aromatic nitrogens is 1. The third-order valence-corrected chi connectivity index (χ3v) is 2.72. The Hall–Kier alpha value is -2.11. The van der Waals surface area contributed by atoms with Gasteiger partial charge >= 0.3 is 5.97 Å². The van der Waals surface area contributed by atoms with Crippen LogP contribution in [0.2, 0.25) is 0 Å². The van der Waals surface area contributed by atoms with Gasteiger partial charge in [-0.3, -0.25) is 9.59 Å². The lowest BCUT2D eigenvalue weighted by Gasteiger charge is -2.27. The number of anilines is 1. The average molecular weight is 265 g/mol. The van der Waals surface area contributed by atoms with Gasteiger partial charge in [0.2, 0.25) is 0 Å². The van der Waals surface area contributed by atoms with E-state index in [0.29, 0.717) is 17.8 Å². The van der Waals surface area contributed by atoms with Crippen LogP contribution in [0, 0.1) is 6.92 Å². The standard InChI is InChI=1S/C13H19N3O3/c1-8-4-5-9(11(14)19)12(15-8)16-13(2,3)7-6-10(17)18/h4-5H,6-7H2,1-3H3,(H2,14,19)(H,15,16)(H,17,18). The van der Waals surface area contributed by atoms with Gasteiger partial charge in [-0.25, -0.2) is 4.98 Å². The molecular weight excluding hydrogens is 246 g/mol. The highest BCUT2D eigenvalue weighted by Gasteiger charge is 2.22. The molecule has 0 spiro atoms. The van der Waals surface area contributed by atoms with E-state index in [4.69, 9.17) is 10.8 Å². The Morgan fingerprint density at radius 2 is 2.05 bits per heavy atom. The number of nitrogens with one attached hydrogen (secondary N) is 1. The van der Waals surface area contributed by atoms with Gasteiger partial charge in [-0.1, -0.05) is 0 Å². The molecule has 0 unspecified atom stereocenters. The Morgan fingerprint density at radius 3 is 2.58 bits per heavy atom. The van der Waals surface area contributed by atoms with Gasteiger partial charge in [0, 0.05) is 17.7 Å². The normalized spacial score (nSPS) is 11.1. The largest absolute Gasteiger partial charge is 0.481 e. The van der Waals surface area contributed by atoms with Crippen molar-refractivity contribution in [2.24, 2.45) is 5.73 Å². The van der Waals surface area contributed by atoms with Gasteiger partial charge < -0.3 is 16.2 Å². The number of nitrogens with zero attached hydrogens (tertiary/aromatic N) is 1. The van der Waals surface area contributed by atoms with E-state index < -0.39 is 17.4 Å². The number of hydrogen-bond donors (Lipinski definition) is 3. The maximum absolute atomic E-state index is 11.3. The average Bonchev–Trinajstić information content (AvgIpc) is 2.25. The molecule has 6 nitrogen and oxygen atoms in total. The minimum atomic E-state index is -0.859. The van der Waals surface area contributed by atoms with Crippen LogP contribution in [0.1, 0.15) is 42.7 Å². The summed E-state index contributed by atoms with van der Waals surface area (Å²) in [7, 11) is 0. The van der Waals surface area contributed by atoms with Crippen LogP contribution in [-0.4, -0.2) is 27.5 Å². The minimum Gasteiger partial charge on any atom is -0.481 e. The number of nitrogens with two attached hydrogens (primary N) is 1. The van der Waals surface area contributed by atoms with Crippen LogP contribution in [0.4, 0.5) is 5.82 Å². The molecule has 1 aromatic rings. The van der Waals surface area contributed by atoms with E-state index in [1.165, 1.54) is 0 Å². The number of hydrogen-bond acceptors (Lipinski definition) is 4. The zero-order valence-electron chi connectivity index (χ0n) is 11.4. The molecule has 6 heteroatoms. The van der Waals surface area contributed by atoms with Crippen LogP contribution in [0.15, 0.2) is 12.1 Å². The zero-order chi connectivity index (χ0) is 14.6. The van der Waals surface area contributed by atoms with Crippen LogP contribution < -0.4 is 11.1 Å². The summed E-state index contributed by atoms with van der Waals surface area (Å²) < 4.78 is 0. The van der Waals surface area contributed by atoms with Crippen LogP contribution >= 0.6 is 0 Å². The molecule has 0 saturated carbocycles. The predicted molar refractivity (Wildman–Crippen MR) is 72.1 cm³/mol. The topological polar surface area (TPSA) is 105 Å². The third kappa shape index (κ3) is 4.57. The lowest BCUT2D eigenvalue weighted by Crippen LogP contribution is -2.33. The number of amides is 1. The molecule has 0 atom stereocenters. The van der Waals surface area contributed by atoms with E-state index in [0.717, 1.165) is 5.69 Å². The lowest BCUT2D eigenvalue weighted by molar-refractivity contribution is -0.137. The fourth-order valence-electron chi connectivity index (χ4n) is 1.65. The van der Waals surface area contributed by atoms with Crippen LogP contribution in [0.25, 0.3) is 0 Å². The van der Waals surface area contributed by atoms with Crippen molar-refractivity contribution in [1.82, 2.24) is 4.98 Å². The van der Waals surface area contributed by atoms with Crippen molar-refractivity contribution < 1.29 is 14.7 Å². The maximum atomic E-state index is 11.3. The van der Waals surface area contributed by atoms with Crippen molar-refractivity contribution >= 4 is 17.7 Å². The van der Waals surface area contributed by atoms with Gasteiger partial charge in [-0.2, -0.15) is 0 Å². The molecule has 0 aromatic carbocycles. The Kier molecular flexibility index (Phi) is 4.47. The molecule has 0 fully saturated rings. The monoisotopic (exact) mass is 265 g/mol. The van der Waals surface area contributed by atoms with Crippen molar-refractivity contribution in [2.45, 2.75) is 39.2 Å². The molecule has 104 valence electrons. The van der Waals surface area contributed by atoms with Crippen molar-refractivity contribution in [3.8, 4) is 0 Å². The van der Waals surface area contributed by atoms with Gasteiger partial charge in [-0.15, -0.1) is 0 Å². The number of rotatable bonds is 6. The molecule has 0 saturated heterocycles. The lowest BCUT2D eigenvalue weighted by atomic mass is 9.98. The van der Waals surface area contributed by atoms with Crippen LogP contribution in [0.5, 0.6) is 0 Å².